The average Bonchev–Trinajstić information content (AvgIpc) is 2.37. The number of nitrogens with zero attached hydrogens (tertiary/aromatic N) is 1. The quantitative estimate of drug-likeness (QED) is 0.467. The number of nitro benzene ring substituents is 1. The smallest absolute Gasteiger partial charge is 0.325 e. The molecule has 0 heterocycles. The summed E-state index contributed by atoms with van der Waals surface area (Å²) in [6, 6.07) is 5.78. The van der Waals surface area contributed by atoms with Crippen LogP contribution in [-0.2, 0) is 20.7 Å². The lowest BCUT2D eigenvalue weighted by Gasteiger charge is -2.05. The van der Waals surface area contributed by atoms with Crippen molar-refractivity contribution in [2.75, 3.05) is 13.2 Å². The van der Waals surface area contributed by atoms with Crippen molar-refractivity contribution in [3.63, 3.8) is 0 Å². The maximum atomic E-state index is 11.5. The molecule has 0 saturated heterocycles. The van der Waals surface area contributed by atoms with E-state index in [-0.39, 0.29) is 25.3 Å². The lowest BCUT2D eigenvalue weighted by Crippen LogP contribution is -2.31. The van der Waals surface area contributed by atoms with Crippen LogP contribution in [0.5, 0.6) is 0 Å². The van der Waals surface area contributed by atoms with Gasteiger partial charge in [-0.15, -0.1) is 0 Å². The van der Waals surface area contributed by atoms with Crippen LogP contribution in [-0.4, -0.2) is 30.0 Å². The fourth-order valence-electron chi connectivity index (χ4n) is 1.41. The third kappa shape index (κ3) is 5.15. The first kappa shape index (κ1) is 14.6. The number of non-ortho nitro benzene ring substituents is 1. The molecule has 1 N–H and O–H groups in total. The number of benzene rings is 1. The Labute approximate surface area is 109 Å². The van der Waals surface area contributed by atoms with Crippen molar-refractivity contribution in [1.82, 2.24) is 5.32 Å². The van der Waals surface area contributed by atoms with Crippen LogP contribution in [0.15, 0.2) is 24.3 Å². The second-order valence-corrected chi connectivity index (χ2v) is 3.69. The molecule has 7 nitrogen and oxygen atoms in total. The molecule has 0 aromatic heterocycles. The van der Waals surface area contributed by atoms with Crippen LogP contribution in [0.3, 0.4) is 0 Å². The predicted octanol–water partition coefficient (Wildman–Crippen LogP) is 0.817. The summed E-state index contributed by atoms with van der Waals surface area (Å²) in [7, 11) is 0. The number of hydrogen-bond donors (Lipinski definition) is 1. The number of carbonyl (C=O) groups is 2. The van der Waals surface area contributed by atoms with E-state index in [1.165, 1.54) is 18.2 Å². The van der Waals surface area contributed by atoms with Crippen molar-refractivity contribution in [3.8, 4) is 0 Å². The first-order chi connectivity index (χ1) is 9.02. The lowest BCUT2D eigenvalue weighted by molar-refractivity contribution is -0.384. The summed E-state index contributed by atoms with van der Waals surface area (Å²) in [5.41, 5.74) is 0.436. The number of nitrogens with one attached hydrogen (secondary N) is 1. The summed E-state index contributed by atoms with van der Waals surface area (Å²) in [6.07, 6.45) is -0.0267. The third-order valence-electron chi connectivity index (χ3n) is 2.22. The van der Waals surface area contributed by atoms with Crippen molar-refractivity contribution in [2.24, 2.45) is 0 Å². The number of nitro groups is 1. The van der Waals surface area contributed by atoms with E-state index < -0.39 is 16.8 Å². The number of amides is 1. The lowest BCUT2D eigenvalue weighted by atomic mass is 10.1. The number of esters is 1. The van der Waals surface area contributed by atoms with E-state index in [0.717, 1.165) is 0 Å². The Hall–Kier alpha value is -2.44. The third-order valence-corrected chi connectivity index (χ3v) is 2.22. The fourth-order valence-corrected chi connectivity index (χ4v) is 1.41. The highest BCUT2D eigenvalue weighted by molar-refractivity contribution is 5.83. The fraction of sp³-hybridized carbons (Fsp3) is 0.333. The molecular weight excluding hydrogens is 252 g/mol. The van der Waals surface area contributed by atoms with Crippen molar-refractivity contribution in [2.45, 2.75) is 13.3 Å². The monoisotopic (exact) mass is 266 g/mol. The molecule has 0 aliphatic carbocycles. The van der Waals surface area contributed by atoms with Gasteiger partial charge in [-0.2, -0.15) is 0 Å². The predicted molar refractivity (Wildman–Crippen MR) is 66.4 cm³/mol. The van der Waals surface area contributed by atoms with E-state index in [4.69, 9.17) is 0 Å². The molecule has 102 valence electrons. The van der Waals surface area contributed by atoms with Crippen molar-refractivity contribution >= 4 is 17.6 Å². The summed E-state index contributed by atoms with van der Waals surface area (Å²) in [5, 5.41) is 13.0. The molecule has 0 radical (unpaired) electrons. The first-order valence-corrected chi connectivity index (χ1v) is 5.68. The van der Waals surface area contributed by atoms with Crippen LogP contribution >= 0.6 is 0 Å². The van der Waals surface area contributed by atoms with Crippen LogP contribution < -0.4 is 5.32 Å². The number of carbonyl (C=O) groups excluding carboxylic acids is 2. The minimum absolute atomic E-state index is 0.0267. The minimum Gasteiger partial charge on any atom is -0.465 e. The molecule has 7 heteroatoms. The minimum atomic E-state index is -0.528. The Bertz CT molecular complexity index is 487. The summed E-state index contributed by atoms with van der Waals surface area (Å²) < 4.78 is 4.65. The zero-order chi connectivity index (χ0) is 14.3. The molecular formula is C12H14N2O5. The van der Waals surface area contributed by atoms with Gasteiger partial charge in [0, 0.05) is 12.1 Å². The SMILES string of the molecule is CCOC(=O)CNC(=O)Cc1cccc([N+](=O)[O-])c1. The summed E-state index contributed by atoms with van der Waals surface area (Å²) in [5.74, 6) is -0.913. The van der Waals surface area contributed by atoms with Gasteiger partial charge in [0.1, 0.15) is 6.54 Å². The van der Waals surface area contributed by atoms with Gasteiger partial charge in [0.15, 0.2) is 0 Å². The molecule has 19 heavy (non-hydrogen) atoms. The molecule has 0 saturated carbocycles. The molecule has 1 aromatic rings. The van der Waals surface area contributed by atoms with Gasteiger partial charge in [0.25, 0.3) is 5.69 Å². The van der Waals surface area contributed by atoms with E-state index in [0.29, 0.717) is 5.56 Å². The van der Waals surface area contributed by atoms with Gasteiger partial charge in [-0.05, 0) is 12.5 Å². The van der Waals surface area contributed by atoms with Gasteiger partial charge in [-0.25, -0.2) is 0 Å². The summed E-state index contributed by atoms with van der Waals surface area (Å²) in [4.78, 5) is 32.6. The Morgan fingerprint density at radius 1 is 1.42 bits per heavy atom. The van der Waals surface area contributed by atoms with Crippen LogP contribution in [0.1, 0.15) is 12.5 Å². The van der Waals surface area contributed by atoms with Crippen LogP contribution in [0.25, 0.3) is 0 Å². The highest BCUT2D eigenvalue weighted by Crippen LogP contribution is 2.13. The van der Waals surface area contributed by atoms with Crippen molar-refractivity contribution in [3.05, 3.63) is 39.9 Å². The second kappa shape index (κ2) is 7.10. The van der Waals surface area contributed by atoms with Crippen molar-refractivity contribution in [1.29, 1.82) is 0 Å². The topological polar surface area (TPSA) is 98.5 Å². The Morgan fingerprint density at radius 2 is 2.16 bits per heavy atom. The molecule has 0 aliphatic heterocycles. The van der Waals surface area contributed by atoms with Gasteiger partial charge in [-0.1, -0.05) is 12.1 Å². The normalized spacial score (nSPS) is 9.74. The van der Waals surface area contributed by atoms with E-state index >= 15 is 0 Å². The maximum Gasteiger partial charge on any atom is 0.325 e. The highest BCUT2D eigenvalue weighted by atomic mass is 16.6. The maximum absolute atomic E-state index is 11.5. The molecule has 1 amide bonds. The van der Waals surface area contributed by atoms with Gasteiger partial charge < -0.3 is 10.1 Å². The molecule has 0 atom stereocenters. The summed E-state index contributed by atoms with van der Waals surface area (Å²) >= 11 is 0. The van der Waals surface area contributed by atoms with E-state index in [1.807, 2.05) is 0 Å². The number of rotatable bonds is 6. The van der Waals surface area contributed by atoms with Crippen LogP contribution in [0.2, 0.25) is 0 Å². The van der Waals surface area contributed by atoms with Gasteiger partial charge in [-0.3, -0.25) is 19.7 Å². The standard InChI is InChI=1S/C12H14N2O5/c1-2-19-12(16)8-13-11(15)7-9-4-3-5-10(6-9)14(17)18/h3-6H,2,7-8H2,1H3,(H,13,15). The second-order valence-electron chi connectivity index (χ2n) is 3.69. The first-order valence-electron chi connectivity index (χ1n) is 5.68. The zero-order valence-corrected chi connectivity index (χ0v) is 10.4. The molecule has 0 unspecified atom stereocenters. The average molecular weight is 266 g/mol. The van der Waals surface area contributed by atoms with E-state index in [1.54, 1.807) is 13.0 Å². The summed E-state index contributed by atoms with van der Waals surface area (Å²) in [6.45, 7) is 1.71. The van der Waals surface area contributed by atoms with Gasteiger partial charge in [0.05, 0.1) is 18.0 Å². The molecule has 0 aliphatic rings. The Balaban J connectivity index is 2.50. The van der Waals surface area contributed by atoms with Gasteiger partial charge in [0.2, 0.25) is 5.91 Å². The molecule has 0 bridgehead atoms. The van der Waals surface area contributed by atoms with E-state index in [9.17, 15) is 19.7 Å². The molecule has 1 aromatic carbocycles. The Kier molecular flexibility index (Phi) is 5.46. The van der Waals surface area contributed by atoms with Crippen LogP contribution in [0, 0.1) is 10.1 Å². The molecule has 0 spiro atoms. The van der Waals surface area contributed by atoms with E-state index in [2.05, 4.69) is 10.1 Å². The van der Waals surface area contributed by atoms with Crippen LogP contribution in [0.4, 0.5) is 5.69 Å². The zero-order valence-electron chi connectivity index (χ0n) is 10.4. The molecule has 0 fully saturated rings. The van der Waals surface area contributed by atoms with Crippen molar-refractivity contribution < 1.29 is 19.2 Å². The van der Waals surface area contributed by atoms with Gasteiger partial charge >= 0.3 is 5.97 Å². The molecule has 1 rings (SSSR count). The number of hydrogen-bond acceptors (Lipinski definition) is 5. The largest absolute Gasteiger partial charge is 0.465 e. The Morgan fingerprint density at radius 3 is 2.79 bits per heavy atom. The highest BCUT2D eigenvalue weighted by Gasteiger charge is 2.10. The number of ether oxygens (including phenoxy) is 1.